The molecule has 80 valence electrons. The first-order chi connectivity index (χ1) is 6.54. The predicted octanol–water partition coefficient (Wildman–Crippen LogP) is 2.77. The Bertz CT molecular complexity index is 230. The smallest absolute Gasteiger partial charge is 0.312 e. The molecule has 0 radical (unpaired) electrons. The van der Waals surface area contributed by atoms with Crippen LogP contribution in [0.3, 0.4) is 0 Å². The van der Waals surface area contributed by atoms with Gasteiger partial charge in [-0.15, -0.1) is 11.8 Å². The molecule has 0 aromatic rings. The molecule has 0 spiro atoms. The van der Waals surface area contributed by atoms with Gasteiger partial charge >= 0.3 is 5.97 Å². The third-order valence-electron chi connectivity index (χ3n) is 2.05. The molecule has 0 amide bonds. The van der Waals surface area contributed by atoms with Crippen molar-refractivity contribution in [2.24, 2.45) is 5.41 Å². The SMILES string of the molecule is CCCCC#CCC(C)(C)C(=O)OC. The highest BCUT2D eigenvalue weighted by molar-refractivity contribution is 5.76. The highest BCUT2D eigenvalue weighted by Crippen LogP contribution is 2.20. The molecular formula is C12H20O2. The Kier molecular flexibility index (Phi) is 6.03. The van der Waals surface area contributed by atoms with Crippen LogP contribution in [0.4, 0.5) is 0 Å². The van der Waals surface area contributed by atoms with E-state index in [0.29, 0.717) is 6.42 Å². The minimum atomic E-state index is -0.478. The maximum Gasteiger partial charge on any atom is 0.312 e. The first-order valence-electron chi connectivity index (χ1n) is 5.08. The summed E-state index contributed by atoms with van der Waals surface area (Å²) >= 11 is 0. The highest BCUT2D eigenvalue weighted by atomic mass is 16.5. The van der Waals surface area contributed by atoms with E-state index in [2.05, 4.69) is 23.5 Å². The van der Waals surface area contributed by atoms with Crippen LogP contribution in [0.15, 0.2) is 0 Å². The van der Waals surface area contributed by atoms with Gasteiger partial charge in [-0.25, -0.2) is 0 Å². The van der Waals surface area contributed by atoms with E-state index in [4.69, 9.17) is 0 Å². The van der Waals surface area contributed by atoms with Gasteiger partial charge in [0.2, 0.25) is 0 Å². The van der Waals surface area contributed by atoms with E-state index in [0.717, 1.165) is 19.3 Å². The summed E-state index contributed by atoms with van der Waals surface area (Å²) in [5.41, 5.74) is -0.478. The second-order valence-electron chi connectivity index (χ2n) is 4.01. The van der Waals surface area contributed by atoms with Crippen LogP contribution in [-0.2, 0) is 9.53 Å². The lowest BCUT2D eigenvalue weighted by atomic mass is 9.90. The van der Waals surface area contributed by atoms with Crippen LogP contribution in [0.5, 0.6) is 0 Å². The van der Waals surface area contributed by atoms with E-state index in [-0.39, 0.29) is 5.97 Å². The number of carbonyl (C=O) groups is 1. The molecule has 0 heterocycles. The molecule has 0 unspecified atom stereocenters. The van der Waals surface area contributed by atoms with Crippen LogP contribution >= 0.6 is 0 Å². The summed E-state index contributed by atoms with van der Waals surface area (Å²) in [7, 11) is 1.41. The van der Waals surface area contributed by atoms with Crippen LogP contribution in [0.25, 0.3) is 0 Å². The average Bonchev–Trinajstić information content (AvgIpc) is 2.16. The highest BCUT2D eigenvalue weighted by Gasteiger charge is 2.27. The first kappa shape index (κ1) is 13.0. The predicted molar refractivity (Wildman–Crippen MR) is 57.7 cm³/mol. The van der Waals surface area contributed by atoms with Gasteiger partial charge in [0.05, 0.1) is 12.5 Å². The van der Waals surface area contributed by atoms with Gasteiger partial charge in [0, 0.05) is 12.8 Å². The molecule has 0 aliphatic heterocycles. The Balaban J connectivity index is 3.95. The van der Waals surface area contributed by atoms with E-state index in [1.54, 1.807) is 0 Å². The van der Waals surface area contributed by atoms with Crippen LogP contribution < -0.4 is 0 Å². The number of ether oxygens (including phenoxy) is 1. The lowest BCUT2D eigenvalue weighted by Gasteiger charge is -2.17. The number of carbonyl (C=O) groups excluding carboxylic acids is 1. The van der Waals surface area contributed by atoms with Gasteiger partial charge < -0.3 is 4.74 Å². The van der Waals surface area contributed by atoms with Crippen molar-refractivity contribution >= 4 is 5.97 Å². The van der Waals surface area contributed by atoms with Crippen LogP contribution in [0.1, 0.15) is 46.5 Å². The fraction of sp³-hybridized carbons (Fsp3) is 0.750. The Morgan fingerprint density at radius 3 is 2.50 bits per heavy atom. The van der Waals surface area contributed by atoms with Crippen molar-refractivity contribution in [1.29, 1.82) is 0 Å². The summed E-state index contributed by atoms with van der Waals surface area (Å²) in [6, 6.07) is 0. The van der Waals surface area contributed by atoms with Gasteiger partial charge in [0.25, 0.3) is 0 Å². The number of unbranched alkanes of at least 4 members (excludes halogenated alkanes) is 2. The molecule has 0 bridgehead atoms. The average molecular weight is 196 g/mol. The zero-order valence-corrected chi connectivity index (χ0v) is 9.64. The Morgan fingerprint density at radius 2 is 2.00 bits per heavy atom. The second kappa shape index (κ2) is 6.48. The van der Waals surface area contributed by atoms with E-state index in [1.165, 1.54) is 7.11 Å². The van der Waals surface area contributed by atoms with Crippen molar-refractivity contribution in [3.05, 3.63) is 0 Å². The molecular weight excluding hydrogens is 176 g/mol. The largest absolute Gasteiger partial charge is 0.469 e. The third-order valence-corrected chi connectivity index (χ3v) is 2.05. The minimum Gasteiger partial charge on any atom is -0.469 e. The summed E-state index contributed by atoms with van der Waals surface area (Å²) < 4.78 is 4.69. The quantitative estimate of drug-likeness (QED) is 0.392. The zero-order valence-electron chi connectivity index (χ0n) is 9.64. The van der Waals surface area contributed by atoms with Crippen LogP contribution in [-0.4, -0.2) is 13.1 Å². The standard InChI is InChI=1S/C12H20O2/c1-5-6-7-8-9-10-12(2,3)11(13)14-4/h5-7,10H2,1-4H3. The summed E-state index contributed by atoms with van der Waals surface area (Å²) in [6.45, 7) is 5.85. The molecule has 2 heteroatoms. The topological polar surface area (TPSA) is 26.3 Å². The fourth-order valence-electron chi connectivity index (χ4n) is 0.985. The Morgan fingerprint density at radius 1 is 1.36 bits per heavy atom. The number of rotatable bonds is 4. The molecule has 0 atom stereocenters. The molecule has 0 aliphatic carbocycles. The zero-order chi connectivity index (χ0) is 11.0. The van der Waals surface area contributed by atoms with Crippen molar-refractivity contribution in [3.63, 3.8) is 0 Å². The summed E-state index contributed by atoms with van der Waals surface area (Å²) in [6.07, 6.45) is 3.79. The molecule has 0 aliphatic rings. The van der Waals surface area contributed by atoms with Crippen molar-refractivity contribution in [2.45, 2.75) is 46.5 Å². The van der Waals surface area contributed by atoms with Crippen molar-refractivity contribution in [2.75, 3.05) is 7.11 Å². The summed E-state index contributed by atoms with van der Waals surface area (Å²) in [5.74, 6) is 5.90. The summed E-state index contributed by atoms with van der Waals surface area (Å²) in [4.78, 5) is 11.3. The Labute approximate surface area is 87.0 Å². The van der Waals surface area contributed by atoms with Crippen molar-refractivity contribution < 1.29 is 9.53 Å². The summed E-state index contributed by atoms with van der Waals surface area (Å²) in [5, 5.41) is 0. The number of esters is 1. The molecule has 0 N–H and O–H groups in total. The molecule has 0 aromatic heterocycles. The minimum absolute atomic E-state index is 0.192. The van der Waals surface area contributed by atoms with Crippen molar-refractivity contribution in [1.82, 2.24) is 0 Å². The first-order valence-corrected chi connectivity index (χ1v) is 5.08. The number of hydrogen-bond acceptors (Lipinski definition) is 2. The van der Waals surface area contributed by atoms with Gasteiger partial charge in [-0.05, 0) is 20.3 Å². The molecule has 14 heavy (non-hydrogen) atoms. The molecule has 0 saturated heterocycles. The van der Waals surface area contributed by atoms with Crippen molar-refractivity contribution in [3.8, 4) is 11.8 Å². The lowest BCUT2D eigenvalue weighted by Crippen LogP contribution is -2.24. The lowest BCUT2D eigenvalue weighted by molar-refractivity contribution is -0.150. The maximum absolute atomic E-state index is 11.3. The third kappa shape index (κ3) is 4.91. The number of methoxy groups -OCH3 is 1. The maximum atomic E-state index is 11.3. The monoisotopic (exact) mass is 196 g/mol. The van der Waals surface area contributed by atoms with E-state index >= 15 is 0 Å². The second-order valence-corrected chi connectivity index (χ2v) is 4.01. The molecule has 0 rings (SSSR count). The molecule has 2 nitrogen and oxygen atoms in total. The van der Waals surface area contributed by atoms with Gasteiger partial charge in [-0.2, -0.15) is 0 Å². The Hall–Kier alpha value is -0.970. The van der Waals surface area contributed by atoms with E-state index < -0.39 is 5.41 Å². The normalized spacial score (nSPS) is 10.3. The van der Waals surface area contributed by atoms with E-state index in [1.807, 2.05) is 13.8 Å². The molecule has 0 saturated carbocycles. The fourth-order valence-corrected chi connectivity index (χ4v) is 0.985. The van der Waals surface area contributed by atoms with Crippen LogP contribution in [0, 0.1) is 17.3 Å². The van der Waals surface area contributed by atoms with Gasteiger partial charge in [-0.3, -0.25) is 4.79 Å². The van der Waals surface area contributed by atoms with Gasteiger partial charge in [0.15, 0.2) is 0 Å². The molecule has 0 aromatic carbocycles. The number of hydrogen-bond donors (Lipinski definition) is 0. The molecule has 0 fully saturated rings. The van der Waals surface area contributed by atoms with Gasteiger partial charge in [-0.1, -0.05) is 13.3 Å². The van der Waals surface area contributed by atoms with Crippen LogP contribution in [0.2, 0.25) is 0 Å². The van der Waals surface area contributed by atoms with E-state index in [9.17, 15) is 4.79 Å². The van der Waals surface area contributed by atoms with Gasteiger partial charge in [0.1, 0.15) is 0 Å².